The minimum Gasteiger partial charge on any atom is -0.468 e. The highest BCUT2D eigenvalue weighted by atomic mass is 16.3. The quantitative estimate of drug-likeness (QED) is 0.915. The highest BCUT2D eigenvalue weighted by Gasteiger charge is 2.27. The summed E-state index contributed by atoms with van der Waals surface area (Å²) in [5.41, 5.74) is 3.06. The van der Waals surface area contributed by atoms with E-state index in [2.05, 4.69) is 40.5 Å². The number of furan rings is 1. The standard InChI is InChI=1S/C20H26N2O/c1-2-7-17-14-18(10-9-16(17)6-1)21-15-19(20-8-5-13-23-20)22-11-3-4-12-22/h1-2,5-8,13,18-19,21H,3-4,9-12,14-15H2. The Morgan fingerprint density at radius 2 is 1.91 bits per heavy atom. The molecule has 4 rings (SSSR count). The van der Waals surface area contributed by atoms with Gasteiger partial charge in [-0.3, -0.25) is 4.90 Å². The lowest BCUT2D eigenvalue weighted by Gasteiger charge is -2.30. The smallest absolute Gasteiger partial charge is 0.122 e. The molecule has 1 fully saturated rings. The van der Waals surface area contributed by atoms with Crippen LogP contribution in [-0.2, 0) is 12.8 Å². The van der Waals surface area contributed by atoms with E-state index in [4.69, 9.17) is 4.42 Å². The fraction of sp³-hybridized carbons (Fsp3) is 0.500. The maximum atomic E-state index is 5.72. The molecule has 1 N–H and O–H groups in total. The van der Waals surface area contributed by atoms with E-state index in [1.54, 1.807) is 6.26 Å². The minimum absolute atomic E-state index is 0.379. The maximum Gasteiger partial charge on any atom is 0.122 e. The molecular weight excluding hydrogens is 284 g/mol. The van der Waals surface area contributed by atoms with Gasteiger partial charge in [-0.2, -0.15) is 0 Å². The second kappa shape index (κ2) is 6.90. The summed E-state index contributed by atoms with van der Waals surface area (Å²) in [5.74, 6) is 1.11. The van der Waals surface area contributed by atoms with Gasteiger partial charge in [0.1, 0.15) is 5.76 Å². The third-order valence-electron chi connectivity index (χ3n) is 5.40. The molecule has 2 heterocycles. The Kier molecular flexibility index (Phi) is 4.49. The molecule has 23 heavy (non-hydrogen) atoms. The van der Waals surface area contributed by atoms with Gasteiger partial charge in [0.2, 0.25) is 0 Å². The topological polar surface area (TPSA) is 28.4 Å². The first kappa shape index (κ1) is 15.0. The van der Waals surface area contributed by atoms with E-state index in [0.717, 1.165) is 18.7 Å². The highest BCUT2D eigenvalue weighted by Crippen LogP contribution is 2.26. The molecule has 0 amide bonds. The lowest BCUT2D eigenvalue weighted by atomic mass is 9.88. The first-order valence-corrected chi connectivity index (χ1v) is 8.98. The van der Waals surface area contributed by atoms with Crippen LogP contribution in [0.15, 0.2) is 47.1 Å². The van der Waals surface area contributed by atoms with E-state index >= 15 is 0 Å². The number of nitrogens with one attached hydrogen (secondary N) is 1. The third-order valence-corrected chi connectivity index (χ3v) is 5.40. The van der Waals surface area contributed by atoms with Crippen molar-refractivity contribution in [2.75, 3.05) is 19.6 Å². The molecule has 122 valence electrons. The van der Waals surface area contributed by atoms with Crippen molar-refractivity contribution in [3.8, 4) is 0 Å². The minimum atomic E-state index is 0.379. The van der Waals surface area contributed by atoms with Crippen LogP contribution >= 0.6 is 0 Å². The molecule has 2 unspecified atom stereocenters. The molecule has 1 aliphatic carbocycles. The SMILES string of the molecule is c1coc(C(CNC2CCc3ccccc3C2)N2CCCC2)c1. The number of benzene rings is 1. The molecule has 1 saturated heterocycles. The Morgan fingerprint density at radius 3 is 2.70 bits per heavy atom. The van der Waals surface area contributed by atoms with Crippen LogP contribution in [0.3, 0.4) is 0 Å². The van der Waals surface area contributed by atoms with Crippen LogP contribution in [0.25, 0.3) is 0 Å². The fourth-order valence-electron chi connectivity index (χ4n) is 4.09. The van der Waals surface area contributed by atoms with E-state index in [-0.39, 0.29) is 0 Å². The average molecular weight is 310 g/mol. The van der Waals surface area contributed by atoms with Crippen molar-refractivity contribution in [3.63, 3.8) is 0 Å². The van der Waals surface area contributed by atoms with Crippen molar-refractivity contribution in [2.24, 2.45) is 0 Å². The summed E-state index contributed by atoms with van der Waals surface area (Å²) in [5, 5.41) is 3.83. The molecule has 1 aromatic carbocycles. The molecule has 1 aliphatic heterocycles. The first-order valence-electron chi connectivity index (χ1n) is 8.98. The number of rotatable bonds is 5. The number of aryl methyl sites for hydroxylation is 1. The van der Waals surface area contributed by atoms with Gasteiger partial charge in [-0.15, -0.1) is 0 Å². The van der Waals surface area contributed by atoms with Gasteiger partial charge in [-0.1, -0.05) is 24.3 Å². The molecule has 0 saturated carbocycles. The zero-order valence-electron chi connectivity index (χ0n) is 13.7. The predicted molar refractivity (Wildman–Crippen MR) is 92.5 cm³/mol. The summed E-state index contributed by atoms with van der Waals surface area (Å²) >= 11 is 0. The monoisotopic (exact) mass is 310 g/mol. The van der Waals surface area contributed by atoms with E-state index in [1.807, 2.05) is 6.07 Å². The molecule has 1 aromatic heterocycles. The van der Waals surface area contributed by atoms with E-state index in [9.17, 15) is 0 Å². The average Bonchev–Trinajstić information content (AvgIpc) is 3.29. The molecule has 0 radical (unpaired) electrons. The van der Waals surface area contributed by atoms with Crippen LogP contribution in [0, 0.1) is 0 Å². The zero-order chi connectivity index (χ0) is 15.5. The molecule has 0 spiro atoms. The van der Waals surface area contributed by atoms with Crippen LogP contribution in [0.2, 0.25) is 0 Å². The largest absolute Gasteiger partial charge is 0.468 e. The van der Waals surface area contributed by atoms with Crippen molar-refractivity contribution >= 4 is 0 Å². The number of fused-ring (bicyclic) bond motifs is 1. The molecule has 3 nitrogen and oxygen atoms in total. The zero-order valence-corrected chi connectivity index (χ0v) is 13.7. The van der Waals surface area contributed by atoms with Crippen LogP contribution in [0.1, 0.15) is 42.2 Å². The summed E-state index contributed by atoms with van der Waals surface area (Å²) in [6.45, 7) is 3.38. The van der Waals surface area contributed by atoms with Gasteiger partial charge in [0.15, 0.2) is 0 Å². The van der Waals surface area contributed by atoms with Gasteiger partial charge < -0.3 is 9.73 Å². The van der Waals surface area contributed by atoms with Crippen molar-refractivity contribution in [1.82, 2.24) is 10.2 Å². The number of hydrogen-bond acceptors (Lipinski definition) is 3. The number of likely N-dealkylation sites (tertiary alicyclic amines) is 1. The normalized spacial score (nSPS) is 22.9. The van der Waals surface area contributed by atoms with Crippen LogP contribution in [0.4, 0.5) is 0 Å². The van der Waals surface area contributed by atoms with E-state index < -0.39 is 0 Å². The number of nitrogens with zero attached hydrogens (tertiary/aromatic N) is 1. The Labute approximate surface area is 138 Å². The van der Waals surface area contributed by atoms with E-state index in [0.29, 0.717) is 12.1 Å². The molecule has 3 heteroatoms. The fourth-order valence-corrected chi connectivity index (χ4v) is 4.09. The highest BCUT2D eigenvalue weighted by molar-refractivity contribution is 5.30. The lowest BCUT2D eigenvalue weighted by Crippen LogP contribution is -2.41. The van der Waals surface area contributed by atoms with Crippen molar-refractivity contribution in [1.29, 1.82) is 0 Å². The predicted octanol–water partition coefficient (Wildman–Crippen LogP) is 3.56. The number of hydrogen-bond donors (Lipinski definition) is 1. The summed E-state index contributed by atoms with van der Waals surface area (Å²) < 4.78 is 5.72. The second-order valence-corrected chi connectivity index (χ2v) is 6.89. The van der Waals surface area contributed by atoms with Crippen molar-refractivity contribution in [2.45, 2.75) is 44.2 Å². The summed E-state index contributed by atoms with van der Waals surface area (Å²) in [4.78, 5) is 2.57. The van der Waals surface area contributed by atoms with Crippen molar-refractivity contribution < 1.29 is 4.42 Å². The van der Waals surface area contributed by atoms with Gasteiger partial charge in [-0.05, 0) is 68.5 Å². The Morgan fingerprint density at radius 1 is 1.09 bits per heavy atom. The van der Waals surface area contributed by atoms with Crippen LogP contribution < -0.4 is 5.32 Å². The summed E-state index contributed by atoms with van der Waals surface area (Å²) in [7, 11) is 0. The van der Waals surface area contributed by atoms with Gasteiger partial charge in [0.25, 0.3) is 0 Å². The van der Waals surface area contributed by atoms with E-state index in [1.165, 1.54) is 49.9 Å². The van der Waals surface area contributed by atoms with Gasteiger partial charge in [-0.25, -0.2) is 0 Å². The van der Waals surface area contributed by atoms with Crippen LogP contribution in [0.5, 0.6) is 0 Å². The maximum absolute atomic E-state index is 5.72. The van der Waals surface area contributed by atoms with Gasteiger partial charge >= 0.3 is 0 Å². The summed E-state index contributed by atoms with van der Waals surface area (Å²) in [6, 6.07) is 14.0. The molecular formula is C20H26N2O. The van der Waals surface area contributed by atoms with Gasteiger partial charge in [0.05, 0.1) is 12.3 Å². The van der Waals surface area contributed by atoms with Gasteiger partial charge in [0, 0.05) is 12.6 Å². The third kappa shape index (κ3) is 3.36. The Bertz CT molecular complexity index is 616. The lowest BCUT2D eigenvalue weighted by molar-refractivity contribution is 0.202. The first-order chi connectivity index (χ1) is 11.4. The molecule has 2 aliphatic rings. The van der Waals surface area contributed by atoms with Crippen molar-refractivity contribution in [3.05, 3.63) is 59.5 Å². The molecule has 0 bridgehead atoms. The Hall–Kier alpha value is -1.58. The summed E-state index contributed by atoms with van der Waals surface area (Å²) in [6.07, 6.45) is 8.02. The second-order valence-electron chi connectivity index (χ2n) is 6.89. The Balaban J connectivity index is 1.40. The van der Waals surface area contributed by atoms with Crippen LogP contribution in [-0.4, -0.2) is 30.6 Å². The molecule has 2 aromatic rings. The molecule has 2 atom stereocenters.